The molecule has 0 fully saturated rings. The van der Waals surface area contributed by atoms with Crippen LogP contribution in [0.2, 0.25) is 0 Å². The Labute approximate surface area is 119 Å². The zero-order valence-corrected chi connectivity index (χ0v) is 13.0. The Hall–Kier alpha value is -0.970. The summed E-state index contributed by atoms with van der Waals surface area (Å²) in [7, 11) is 0. The van der Waals surface area contributed by atoms with Gasteiger partial charge in [-0.25, -0.2) is 0 Å². The second-order valence-corrected chi connectivity index (χ2v) is 6.66. The van der Waals surface area contributed by atoms with Crippen LogP contribution in [0.25, 0.3) is 0 Å². The zero-order valence-electron chi connectivity index (χ0n) is 12.2. The van der Waals surface area contributed by atoms with Crippen molar-refractivity contribution in [2.75, 3.05) is 5.75 Å². The van der Waals surface area contributed by atoms with Crippen LogP contribution in [0.3, 0.4) is 0 Å². The van der Waals surface area contributed by atoms with E-state index in [-0.39, 0.29) is 5.75 Å². The van der Waals surface area contributed by atoms with Crippen molar-refractivity contribution in [3.05, 3.63) is 11.8 Å². The third-order valence-electron chi connectivity index (χ3n) is 2.67. The summed E-state index contributed by atoms with van der Waals surface area (Å²) in [6.45, 7) is 9.55. The summed E-state index contributed by atoms with van der Waals surface area (Å²) >= 11 is 1.36. The lowest BCUT2D eigenvalue weighted by atomic mass is 10.1. The van der Waals surface area contributed by atoms with Gasteiger partial charge in [0, 0.05) is 6.54 Å². The molecule has 0 radical (unpaired) electrons. The van der Waals surface area contributed by atoms with Crippen molar-refractivity contribution in [2.45, 2.75) is 52.1 Å². The van der Waals surface area contributed by atoms with Crippen LogP contribution in [0.15, 0.2) is 11.1 Å². The Bertz CT molecular complexity index is 414. The number of thioether (sulfide) groups is 1. The van der Waals surface area contributed by atoms with Crippen molar-refractivity contribution in [1.82, 2.24) is 9.78 Å². The summed E-state index contributed by atoms with van der Waals surface area (Å²) in [4.78, 5) is 10.7. The molecule has 0 saturated carbocycles. The molecule has 108 valence electrons. The van der Waals surface area contributed by atoms with Crippen LogP contribution < -0.4 is 0 Å². The third-order valence-corrected chi connectivity index (χ3v) is 3.69. The van der Waals surface area contributed by atoms with Crippen LogP contribution in [-0.4, -0.2) is 26.6 Å². The Balaban J connectivity index is 2.77. The number of aromatic nitrogens is 2. The molecule has 0 aliphatic rings. The minimum absolute atomic E-state index is 0.0918. The number of hydrogen-bond acceptors (Lipinski definition) is 3. The monoisotopic (exact) mass is 284 g/mol. The van der Waals surface area contributed by atoms with Gasteiger partial charge in [0.1, 0.15) is 0 Å². The van der Waals surface area contributed by atoms with Crippen LogP contribution in [0.5, 0.6) is 0 Å². The highest BCUT2D eigenvalue weighted by atomic mass is 32.2. The highest BCUT2D eigenvalue weighted by Crippen LogP contribution is 2.21. The van der Waals surface area contributed by atoms with Crippen LogP contribution in [0.1, 0.15) is 39.8 Å². The number of hydrogen-bond donors (Lipinski definition) is 1. The van der Waals surface area contributed by atoms with E-state index in [0.29, 0.717) is 11.8 Å². The third kappa shape index (κ3) is 6.14. The summed E-state index contributed by atoms with van der Waals surface area (Å²) in [5.41, 5.74) is 1.06. The van der Waals surface area contributed by atoms with Gasteiger partial charge in [0.25, 0.3) is 0 Å². The molecule has 0 aliphatic carbocycles. The molecule has 0 aliphatic heterocycles. The number of aryl methyl sites for hydroxylation is 1. The van der Waals surface area contributed by atoms with E-state index < -0.39 is 5.97 Å². The first-order chi connectivity index (χ1) is 8.88. The molecule has 19 heavy (non-hydrogen) atoms. The average molecular weight is 284 g/mol. The van der Waals surface area contributed by atoms with Crippen LogP contribution >= 0.6 is 11.8 Å². The van der Waals surface area contributed by atoms with Crippen molar-refractivity contribution in [2.24, 2.45) is 11.8 Å². The Morgan fingerprint density at radius 2 is 2.05 bits per heavy atom. The van der Waals surface area contributed by atoms with E-state index in [1.807, 2.05) is 10.7 Å². The van der Waals surface area contributed by atoms with Gasteiger partial charge in [-0.1, -0.05) is 39.5 Å². The summed E-state index contributed by atoms with van der Waals surface area (Å²) in [6, 6.07) is 2.04. The highest BCUT2D eigenvalue weighted by Gasteiger charge is 2.11. The van der Waals surface area contributed by atoms with Crippen LogP contribution in [0, 0.1) is 11.8 Å². The van der Waals surface area contributed by atoms with Gasteiger partial charge in [0.15, 0.2) is 0 Å². The molecule has 0 aromatic carbocycles. The van der Waals surface area contributed by atoms with Gasteiger partial charge in [-0.2, -0.15) is 5.10 Å². The second-order valence-electron chi connectivity index (χ2n) is 5.66. The lowest BCUT2D eigenvalue weighted by Gasteiger charge is -2.08. The molecule has 1 N–H and O–H groups in total. The first-order valence-electron chi connectivity index (χ1n) is 6.79. The van der Waals surface area contributed by atoms with Crippen LogP contribution in [0.4, 0.5) is 0 Å². The highest BCUT2D eigenvalue weighted by molar-refractivity contribution is 7.99. The minimum Gasteiger partial charge on any atom is -0.481 e. The van der Waals surface area contributed by atoms with Crippen molar-refractivity contribution < 1.29 is 9.90 Å². The molecule has 0 amide bonds. The number of nitrogens with zero attached hydrogens (tertiary/aromatic N) is 2. The van der Waals surface area contributed by atoms with Gasteiger partial charge in [-0.05, 0) is 30.7 Å². The standard InChI is InChI=1S/C14H24N2O2S/c1-10(2)5-6-16-13(19-9-14(17)18)8-12(15-16)7-11(3)4/h8,10-11H,5-7,9H2,1-4H3,(H,17,18). The zero-order chi connectivity index (χ0) is 14.4. The number of rotatable bonds is 8. The van der Waals surface area contributed by atoms with Gasteiger partial charge >= 0.3 is 5.97 Å². The normalized spacial score (nSPS) is 11.5. The lowest BCUT2D eigenvalue weighted by Crippen LogP contribution is -2.07. The molecule has 4 nitrogen and oxygen atoms in total. The van der Waals surface area contributed by atoms with E-state index in [1.165, 1.54) is 11.8 Å². The van der Waals surface area contributed by atoms with E-state index in [0.717, 1.165) is 30.1 Å². The summed E-state index contributed by atoms with van der Waals surface area (Å²) in [5, 5.41) is 14.4. The number of carboxylic acids is 1. The maximum atomic E-state index is 10.7. The fraction of sp³-hybridized carbons (Fsp3) is 0.714. The van der Waals surface area contributed by atoms with Gasteiger partial charge in [0.2, 0.25) is 0 Å². The van der Waals surface area contributed by atoms with Crippen LogP contribution in [-0.2, 0) is 17.8 Å². The fourth-order valence-corrected chi connectivity index (χ4v) is 2.53. The Morgan fingerprint density at radius 3 is 2.58 bits per heavy atom. The maximum absolute atomic E-state index is 10.7. The smallest absolute Gasteiger partial charge is 0.313 e. The Morgan fingerprint density at radius 1 is 1.37 bits per heavy atom. The molecule has 1 aromatic rings. The minimum atomic E-state index is -0.785. The summed E-state index contributed by atoms with van der Waals surface area (Å²) < 4.78 is 1.96. The SMILES string of the molecule is CC(C)CCn1nc(CC(C)C)cc1SCC(=O)O. The quantitative estimate of drug-likeness (QED) is 0.744. The van der Waals surface area contributed by atoms with Crippen molar-refractivity contribution >= 4 is 17.7 Å². The molecule has 1 rings (SSSR count). The van der Waals surface area contributed by atoms with Crippen molar-refractivity contribution in [1.29, 1.82) is 0 Å². The maximum Gasteiger partial charge on any atom is 0.313 e. The predicted octanol–water partition coefficient (Wildman–Crippen LogP) is 3.30. The molecular weight excluding hydrogens is 260 g/mol. The topological polar surface area (TPSA) is 55.1 Å². The molecular formula is C14H24N2O2S. The largest absolute Gasteiger partial charge is 0.481 e. The average Bonchev–Trinajstić information content (AvgIpc) is 2.65. The Kier molecular flexibility index (Phi) is 6.42. The van der Waals surface area contributed by atoms with Gasteiger partial charge in [0.05, 0.1) is 16.5 Å². The molecule has 5 heteroatoms. The van der Waals surface area contributed by atoms with E-state index in [4.69, 9.17) is 5.11 Å². The summed E-state index contributed by atoms with van der Waals surface area (Å²) in [6.07, 6.45) is 2.00. The van der Waals surface area contributed by atoms with E-state index in [9.17, 15) is 4.79 Å². The van der Waals surface area contributed by atoms with Crippen molar-refractivity contribution in [3.8, 4) is 0 Å². The first kappa shape index (κ1) is 16.1. The van der Waals surface area contributed by atoms with E-state index >= 15 is 0 Å². The van der Waals surface area contributed by atoms with Crippen molar-refractivity contribution in [3.63, 3.8) is 0 Å². The molecule has 0 spiro atoms. The number of aliphatic carboxylic acids is 1. The predicted molar refractivity (Wildman–Crippen MR) is 78.6 cm³/mol. The van der Waals surface area contributed by atoms with E-state index in [2.05, 4.69) is 32.8 Å². The fourth-order valence-electron chi connectivity index (χ4n) is 1.76. The molecule has 0 bridgehead atoms. The molecule has 1 aromatic heterocycles. The molecule has 0 unspecified atom stereocenters. The van der Waals surface area contributed by atoms with E-state index in [1.54, 1.807) is 0 Å². The lowest BCUT2D eigenvalue weighted by molar-refractivity contribution is -0.133. The molecule has 0 saturated heterocycles. The molecule has 1 heterocycles. The second kappa shape index (κ2) is 7.58. The first-order valence-corrected chi connectivity index (χ1v) is 7.78. The number of carboxylic acid groups (broad SMARTS) is 1. The number of carbonyl (C=O) groups is 1. The van der Waals surface area contributed by atoms with Gasteiger partial charge in [-0.3, -0.25) is 9.48 Å². The van der Waals surface area contributed by atoms with Gasteiger partial charge < -0.3 is 5.11 Å². The molecule has 0 atom stereocenters. The van der Waals surface area contributed by atoms with Gasteiger partial charge in [-0.15, -0.1) is 0 Å². The summed E-state index contributed by atoms with van der Waals surface area (Å²) in [5.74, 6) is 0.488.